The van der Waals surface area contributed by atoms with E-state index in [-0.39, 0.29) is 11.3 Å². The van der Waals surface area contributed by atoms with Crippen LogP contribution in [-0.2, 0) is 4.79 Å². The summed E-state index contributed by atoms with van der Waals surface area (Å²) >= 11 is 0. The van der Waals surface area contributed by atoms with Crippen LogP contribution >= 0.6 is 0 Å². The van der Waals surface area contributed by atoms with E-state index in [2.05, 4.69) is 31.1 Å². The Hall–Kier alpha value is -0.570. The van der Waals surface area contributed by atoms with Crippen LogP contribution in [0.2, 0.25) is 0 Å². The second kappa shape index (κ2) is 4.30. The lowest BCUT2D eigenvalue weighted by atomic mass is 9.80. The molecule has 0 spiro atoms. The monoisotopic (exact) mass is 198 g/mol. The molecule has 0 aromatic heterocycles. The first-order valence-corrected chi connectivity index (χ1v) is 5.41. The SMILES string of the molecule is CCNC(=O)CC1CN(C)CC1(C)C. The highest BCUT2D eigenvalue weighted by molar-refractivity contribution is 5.76. The van der Waals surface area contributed by atoms with Gasteiger partial charge in [0.2, 0.25) is 5.91 Å². The highest BCUT2D eigenvalue weighted by Gasteiger charge is 2.38. The van der Waals surface area contributed by atoms with Gasteiger partial charge in [-0.15, -0.1) is 0 Å². The highest BCUT2D eigenvalue weighted by Crippen LogP contribution is 2.36. The summed E-state index contributed by atoms with van der Waals surface area (Å²) in [6, 6.07) is 0. The van der Waals surface area contributed by atoms with Gasteiger partial charge in [0.1, 0.15) is 0 Å². The molecule has 0 aromatic rings. The van der Waals surface area contributed by atoms with Gasteiger partial charge in [0.25, 0.3) is 0 Å². The van der Waals surface area contributed by atoms with Crippen LogP contribution in [0.3, 0.4) is 0 Å². The van der Waals surface area contributed by atoms with E-state index in [1.165, 1.54) is 0 Å². The van der Waals surface area contributed by atoms with Crippen LogP contribution < -0.4 is 5.32 Å². The number of hydrogen-bond donors (Lipinski definition) is 1. The second-order valence-corrected chi connectivity index (χ2v) is 5.04. The number of carbonyl (C=O) groups is 1. The standard InChI is InChI=1S/C11H22N2O/c1-5-12-10(14)6-9-7-13(4)8-11(9,2)3/h9H,5-8H2,1-4H3,(H,12,14). The van der Waals surface area contributed by atoms with Gasteiger partial charge < -0.3 is 10.2 Å². The molecule has 1 rings (SSSR count). The Morgan fingerprint density at radius 2 is 2.21 bits per heavy atom. The van der Waals surface area contributed by atoms with Crippen molar-refractivity contribution in [3.05, 3.63) is 0 Å². The number of nitrogens with zero attached hydrogens (tertiary/aromatic N) is 1. The topological polar surface area (TPSA) is 32.3 Å². The lowest BCUT2D eigenvalue weighted by molar-refractivity contribution is -0.122. The van der Waals surface area contributed by atoms with Crippen LogP contribution in [0.25, 0.3) is 0 Å². The molecule has 1 N–H and O–H groups in total. The van der Waals surface area contributed by atoms with Crippen LogP contribution in [-0.4, -0.2) is 37.5 Å². The van der Waals surface area contributed by atoms with E-state index in [1.807, 2.05) is 6.92 Å². The Morgan fingerprint density at radius 3 is 2.64 bits per heavy atom. The molecular formula is C11H22N2O. The Bertz CT molecular complexity index is 213. The smallest absolute Gasteiger partial charge is 0.220 e. The molecule has 3 nitrogen and oxygen atoms in total. The first-order valence-electron chi connectivity index (χ1n) is 5.41. The lowest BCUT2D eigenvalue weighted by Gasteiger charge is -2.25. The molecule has 1 amide bonds. The van der Waals surface area contributed by atoms with Crippen LogP contribution in [0.15, 0.2) is 0 Å². The molecule has 82 valence electrons. The minimum atomic E-state index is 0.195. The van der Waals surface area contributed by atoms with Gasteiger partial charge in [-0.2, -0.15) is 0 Å². The maximum atomic E-state index is 11.5. The first-order chi connectivity index (χ1) is 6.45. The molecule has 14 heavy (non-hydrogen) atoms. The van der Waals surface area contributed by atoms with Gasteiger partial charge in [-0.3, -0.25) is 4.79 Å². The molecule has 0 radical (unpaired) electrons. The molecule has 0 bridgehead atoms. The van der Waals surface area contributed by atoms with Crippen LogP contribution in [0, 0.1) is 11.3 Å². The lowest BCUT2D eigenvalue weighted by Crippen LogP contribution is -2.30. The molecule has 3 heteroatoms. The van der Waals surface area contributed by atoms with Gasteiger partial charge in [0.05, 0.1) is 0 Å². The van der Waals surface area contributed by atoms with E-state index >= 15 is 0 Å². The number of hydrogen-bond acceptors (Lipinski definition) is 2. The molecular weight excluding hydrogens is 176 g/mol. The fraction of sp³-hybridized carbons (Fsp3) is 0.909. The predicted octanol–water partition coefficient (Wildman–Crippen LogP) is 1.10. The first kappa shape index (κ1) is 11.5. The van der Waals surface area contributed by atoms with Crippen molar-refractivity contribution in [2.45, 2.75) is 27.2 Å². The van der Waals surface area contributed by atoms with E-state index in [1.54, 1.807) is 0 Å². The van der Waals surface area contributed by atoms with Crippen LogP contribution in [0.4, 0.5) is 0 Å². The molecule has 1 unspecified atom stereocenters. The third-order valence-corrected chi connectivity index (χ3v) is 3.12. The quantitative estimate of drug-likeness (QED) is 0.736. The average molecular weight is 198 g/mol. The van der Waals surface area contributed by atoms with Crippen molar-refractivity contribution in [1.29, 1.82) is 0 Å². The largest absolute Gasteiger partial charge is 0.356 e. The third kappa shape index (κ3) is 2.71. The summed E-state index contributed by atoms with van der Waals surface area (Å²) in [5.74, 6) is 0.694. The minimum Gasteiger partial charge on any atom is -0.356 e. The van der Waals surface area contributed by atoms with Crippen molar-refractivity contribution in [2.24, 2.45) is 11.3 Å². The molecule has 1 atom stereocenters. The number of carbonyl (C=O) groups excluding carboxylic acids is 1. The summed E-state index contributed by atoms with van der Waals surface area (Å²) in [5.41, 5.74) is 0.278. The van der Waals surface area contributed by atoms with Gasteiger partial charge in [-0.25, -0.2) is 0 Å². The Balaban J connectivity index is 2.48. The zero-order valence-corrected chi connectivity index (χ0v) is 9.76. The molecule has 0 aromatic carbocycles. The van der Waals surface area contributed by atoms with Crippen molar-refractivity contribution in [3.8, 4) is 0 Å². The molecule has 1 saturated heterocycles. The highest BCUT2D eigenvalue weighted by atomic mass is 16.1. The third-order valence-electron chi connectivity index (χ3n) is 3.12. The molecule has 0 saturated carbocycles. The van der Waals surface area contributed by atoms with Crippen molar-refractivity contribution in [3.63, 3.8) is 0 Å². The van der Waals surface area contributed by atoms with E-state index in [0.717, 1.165) is 19.6 Å². The summed E-state index contributed by atoms with van der Waals surface area (Å²) in [6.45, 7) is 9.34. The second-order valence-electron chi connectivity index (χ2n) is 5.04. The Morgan fingerprint density at radius 1 is 1.57 bits per heavy atom. The van der Waals surface area contributed by atoms with Gasteiger partial charge in [0.15, 0.2) is 0 Å². The van der Waals surface area contributed by atoms with E-state index in [9.17, 15) is 4.79 Å². The number of nitrogens with one attached hydrogen (secondary N) is 1. The van der Waals surface area contributed by atoms with E-state index in [0.29, 0.717) is 12.3 Å². The predicted molar refractivity (Wildman–Crippen MR) is 58.1 cm³/mol. The molecule has 1 heterocycles. The van der Waals surface area contributed by atoms with Gasteiger partial charge in [-0.05, 0) is 25.3 Å². The molecule has 0 aliphatic carbocycles. The van der Waals surface area contributed by atoms with Crippen molar-refractivity contribution < 1.29 is 4.79 Å². The van der Waals surface area contributed by atoms with Crippen LogP contribution in [0.1, 0.15) is 27.2 Å². The molecule has 1 aliphatic heterocycles. The van der Waals surface area contributed by atoms with Crippen molar-refractivity contribution in [1.82, 2.24) is 10.2 Å². The molecule has 1 aliphatic rings. The zero-order valence-electron chi connectivity index (χ0n) is 9.76. The summed E-state index contributed by atoms with van der Waals surface area (Å²) < 4.78 is 0. The Kier molecular flexibility index (Phi) is 3.53. The fourth-order valence-corrected chi connectivity index (χ4v) is 2.35. The molecule has 1 fully saturated rings. The Labute approximate surface area is 86.9 Å². The van der Waals surface area contributed by atoms with Crippen molar-refractivity contribution >= 4 is 5.91 Å². The average Bonchev–Trinajstić information content (AvgIpc) is 2.25. The maximum absolute atomic E-state index is 11.5. The number of amides is 1. The fourth-order valence-electron chi connectivity index (χ4n) is 2.35. The maximum Gasteiger partial charge on any atom is 0.220 e. The number of likely N-dealkylation sites (tertiary alicyclic amines) is 1. The zero-order chi connectivity index (χ0) is 10.8. The van der Waals surface area contributed by atoms with Gasteiger partial charge >= 0.3 is 0 Å². The van der Waals surface area contributed by atoms with Crippen LogP contribution in [0.5, 0.6) is 0 Å². The number of rotatable bonds is 3. The summed E-state index contributed by atoms with van der Waals surface area (Å²) in [7, 11) is 2.12. The summed E-state index contributed by atoms with van der Waals surface area (Å²) in [6.07, 6.45) is 0.672. The van der Waals surface area contributed by atoms with E-state index < -0.39 is 0 Å². The van der Waals surface area contributed by atoms with Gasteiger partial charge in [-0.1, -0.05) is 13.8 Å². The van der Waals surface area contributed by atoms with Crippen molar-refractivity contribution in [2.75, 3.05) is 26.7 Å². The van der Waals surface area contributed by atoms with E-state index in [4.69, 9.17) is 0 Å². The normalized spacial score (nSPS) is 26.4. The summed E-state index contributed by atoms with van der Waals surface area (Å²) in [4.78, 5) is 13.8. The minimum absolute atomic E-state index is 0.195. The van der Waals surface area contributed by atoms with Gasteiger partial charge in [0, 0.05) is 26.1 Å². The summed E-state index contributed by atoms with van der Waals surface area (Å²) in [5, 5.41) is 2.87.